The van der Waals surface area contributed by atoms with E-state index in [1.54, 1.807) is 36.1 Å². The first kappa shape index (κ1) is 20.5. The Hall–Kier alpha value is -2.73. The lowest BCUT2D eigenvalue weighted by Gasteiger charge is -2.33. The number of fused-ring (bicyclic) bond motifs is 1. The predicted octanol–water partition coefficient (Wildman–Crippen LogP) is 5.11. The molecule has 1 unspecified atom stereocenters. The zero-order valence-electron chi connectivity index (χ0n) is 17.0. The zero-order chi connectivity index (χ0) is 21.1. The summed E-state index contributed by atoms with van der Waals surface area (Å²) in [4.78, 5) is 26.9. The summed E-state index contributed by atoms with van der Waals surface area (Å²) in [6.07, 6.45) is 5.00. The fourth-order valence-corrected chi connectivity index (χ4v) is 4.28. The van der Waals surface area contributed by atoms with Crippen molar-refractivity contribution >= 4 is 34.9 Å². The van der Waals surface area contributed by atoms with E-state index in [0.717, 1.165) is 31.2 Å². The molecule has 3 amide bonds. The van der Waals surface area contributed by atoms with Crippen LogP contribution in [0.1, 0.15) is 44.6 Å². The van der Waals surface area contributed by atoms with Gasteiger partial charge in [-0.25, -0.2) is 4.79 Å². The van der Waals surface area contributed by atoms with Gasteiger partial charge in [-0.2, -0.15) is 0 Å². The average Bonchev–Trinajstić information content (AvgIpc) is 2.72. The number of amides is 3. The van der Waals surface area contributed by atoms with Gasteiger partial charge in [0, 0.05) is 16.8 Å². The van der Waals surface area contributed by atoms with E-state index in [1.165, 1.54) is 6.42 Å². The van der Waals surface area contributed by atoms with Crippen molar-refractivity contribution in [3.8, 4) is 5.75 Å². The number of halogens is 1. The maximum atomic E-state index is 12.8. The van der Waals surface area contributed by atoms with Crippen molar-refractivity contribution in [2.75, 3.05) is 10.2 Å². The largest absolute Gasteiger partial charge is 0.479 e. The molecule has 0 radical (unpaired) electrons. The summed E-state index contributed by atoms with van der Waals surface area (Å²) in [6, 6.07) is 12.8. The lowest BCUT2D eigenvalue weighted by atomic mass is 9.96. The topological polar surface area (TPSA) is 70.7 Å². The van der Waals surface area contributed by atoms with Crippen molar-refractivity contribution < 1.29 is 14.3 Å². The minimum atomic E-state index is -0.579. The van der Waals surface area contributed by atoms with Crippen LogP contribution < -0.4 is 20.3 Å². The molecule has 1 saturated carbocycles. The molecule has 2 aliphatic rings. The Morgan fingerprint density at radius 1 is 1.17 bits per heavy atom. The molecule has 30 heavy (non-hydrogen) atoms. The van der Waals surface area contributed by atoms with Crippen LogP contribution in [-0.4, -0.2) is 24.1 Å². The Bertz CT molecular complexity index is 943. The highest BCUT2D eigenvalue weighted by atomic mass is 35.5. The zero-order valence-corrected chi connectivity index (χ0v) is 17.7. The third-order valence-corrected chi connectivity index (χ3v) is 5.83. The maximum absolute atomic E-state index is 12.8. The number of anilines is 2. The van der Waals surface area contributed by atoms with Gasteiger partial charge in [0.25, 0.3) is 5.91 Å². The monoisotopic (exact) mass is 427 g/mol. The van der Waals surface area contributed by atoms with Crippen molar-refractivity contribution in [2.45, 2.75) is 57.7 Å². The lowest BCUT2D eigenvalue weighted by molar-refractivity contribution is -0.125. The van der Waals surface area contributed by atoms with Crippen LogP contribution >= 0.6 is 11.6 Å². The summed E-state index contributed by atoms with van der Waals surface area (Å²) in [5, 5.41) is 6.56. The van der Waals surface area contributed by atoms with Crippen LogP contribution in [0.25, 0.3) is 0 Å². The van der Waals surface area contributed by atoms with Gasteiger partial charge in [0.15, 0.2) is 6.10 Å². The summed E-state index contributed by atoms with van der Waals surface area (Å²) in [5.74, 6) is 0.480. The number of hydrogen-bond donors (Lipinski definition) is 2. The smallest absolute Gasteiger partial charge is 0.319 e. The highest BCUT2D eigenvalue weighted by molar-refractivity contribution is 6.30. The van der Waals surface area contributed by atoms with E-state index in [-0.39, 0.29) is 18.0 Å². The average molecular weight is 428 g/mol. The van der Waals surface area contributed by atoms with Crippen LogP contribution in [0.2, 0.25) is 5.02 Å². The highest BCUT2D eigenvalue weighted by Gasteiger charge is 2.32. The van der Waals surface area contributed by atoms with Crippen molar-refractivity contribution in [1.82, 2.24) is 5.32 Å². The number of benzene rings is 2. The minimum absolute atomic E-state index is 0.133. The van der Waals surface area contributed by atoms with Crippen molar-refractivity contribution in [2.24, 2.45) is 0 Å². The van der Waals surface area contributed by atoms with Gasteiger partial charge < -0.3 is 20.3 Å². The molecule has 6 nitrogen and oxygen atoms in total. The van der Waals surface area contributed by atoms with E-state index in [4.69, 9.17) is 16.3 Å². The normalized spacial score (nSPS) is 19.1. The second-order valence-corrected chi connectivity index (χ2v) is 8.37. The molecular formula is C23H26ClN3O3. The molecule has 1 heterocycles. The number of hydrogen-bond acceptors (Lipinski definition) is 3. The Morgan fingerprint density at radius 2 is 1.97 bits per heavy atom. The quantitative estimate of drug-likeness (QED) is 0.712. The van der Waals surface area contributed by atoms with Crippen molar-refractivity contribution in [3.63, 3.8) is 0 Å². The lowest BCUT2D eigenvalue weighted by Crippen LogP contribution is -2.44. The molecule has 0 spiro atoms. The highest BCUT2D eigenvalue weighted by Crippen LogP contribution is 2.37. The van der Waals surface area contributed by atoms with Crippen LogP contribution in [0.5, 0.6) is 5.75 Å². The van der Waals surface area contributed by atoms with Gasteiger partial charge in [0.2, 0.25) is 0 Å². The Morgan fingerprint density at radius 3 is 2.73 bits per heavy atom. The van der Waals surface area contributed by atoms with Gasteiger partial charge in [-0.1, -0.05) is 43.0 Å². The van der Waals surface area contributed by atoms with E-state index in [1.807, 2.05) is 18.2 Å². The van der Waals surface area contributed by atoms with Crippen molar-refractivity contribution in [1.29, 1.82) is 0 Å². The second-order valence-electron chi connectivity index (χ2n) is 7.93. The Labute approximate surface area is 181 Å². The fraction of sp³-hybridized carbons (Fsp3) is 0.391. The number of rotatable bonds is 4. The van der Waals surface area contributed by atoms with Crippen LogP contribution in [-0.2, 0) is 11.3 Å². The summed E-state index contributed by atoms with van der Waals surface area (Å²) >= 11 is 6.11. The number of nitrogens with zero attached hydrogens (tertiary/aromatic N) is 1. The molecule has 7 heteroatoms. The van der Waals surface area contributed by atoms with Gasteiger partial charge in [0.05, 0.1) is 12.2 Å². The van der Waals surface area contributed by atoms with Gasteiger partial charge >= 0.3 is 6.03 Å². The molecule has 1 aliphatic carbocycles. The molecule has 2 N–H and O–H groups in total. The van der Waals surface area contributed by atoms with E-state index >= 15 is 0 Å². The number of carbonyl (C=O) groups excluding carboxylic acids is 2. The number of nitrogens with one attached hydrogen (secondary N) is 2. The Balaban J connectivity index is 1.53. The van der Waals surface area contributed by atoms with Crippen LogP contribution in [0.15, 0.2) is 42.5 Å². The second kappa shape index (κ2) is 8.96. The number of urea groups is 1. The van der Waals surface area contributed by atoms with E-state index in [9.17, 15) is 9.59 Å². The first-order valence-electron chi connectivity index (χ1n) is 10.4. The molecule has 1 atom stereocenters. The number of carbonyl (C=O) groups is 2. The summed E-state index contributed by atoms with van der Waals surface area (Å²) in [7, 11) is 0. The summed E-state index contributed by atoms with van der Waals surface area (Å²) < 4.78 is 5.77. The molecule has 0 aromatic heterocycles. The molecule has 0 saturated heterocycles. The van der Waals surface area contributed by atoms with Gasteiger partial charge in [-0.3, -0.25) is 4.79 Å². The minimum Gasteiger partial charge on any atom is -0.479 e. The predicted molar refractivity (Wildman–Crippen MR) is 118 cm³/mol. The molecule has 1 aliphatic heterocycles. The number of ether oxygens (including phenoxy) is 1. The first-order chi connectivity index (χ1) is 14.5. The Kier molecular flexibility index (Phi) is 6.13. The van der Waals surface area contributed by atoms with E-state index in [2.05, 4.69) is 10.6 Å². The van der Waals surface area contributed by atoms with Crippen LogP contribution in [0, 0.1) is 0 Å². The third-order valence-electron chi connectivity index (χ3n) is 5.60. The molecule has 2 aromatic rings. The molecule has 1 fully saturated rings. The molecule has 0 bridgehead atoms. The molecule has 4 rings (SSSR count). The summed E-state index contributed by atoms with van der Waals surface area (Å²) in [6.45, 7) is 2.11. The van der Waals surface area contributed by atoms with E-state index < -0.39 is 6.10 Å². The standard InChI is InChI=1S/C23H26ClN3O3/c1-15-22(28)27(14-16-6-5-7-17(24)12-16)20-13-19(10-11-21(20)30-15)26-23(29)25-18-8-3-2-4-9-18/h5-7,10-13,15,18H,2-4,8-9,14H2,1H3,(H2,25,26,29). The van der Waals surface area contributed by atoms with Crippen LogP contribution in [0.4, 0.5) is 16.2 Å². The molecule has 2 aromatic carbocycles. The van der Waals surface area contributed by atoms with Gasteiger partial charge in [-0.05, 0) is 55.7 Å². The molecular weight excluding hydrogens is 402 g/mol. The van der Waals surface area contributed by atoms with Gasteiger partial charge in [-0.15, -0.1) is 0 Å². The fourth-order valence-electron chi connectivity index (χ4n) is 4.07. The summed E-state index contributed by atoms with van der Waals surface area (Å²) in [5.41, 5.74) is 2.17. The van der Waals surface area contributed by atoms with E-state index in [0.29, 0.717) is 28.7 Å². The first-order valence-corrected chi connectivity index (χ1v) is 10.8. The maximum Gasteiger partial charge on any atom is 0.319 e. The van der Waals surface area contributed by atoms with Gasteiger partial charge in [0.1, 0.15) is 5.75 Å². The van der Waals surface area contributed by atoms with Crippen LogP contribution in [0.3, 0.4) is 0 Å². The molecule has 158 valence electrons. The SMILES string of the molecule is CC1Oc2ccc(NC(=O)NC3CCCCC3)cc2N(Cc2cccc(Cl)c2)C1=O. The van der Waals surface area contributed by atoms with Crippen molar-refractivity contribution in [3.05, 3.63) is 53.1 Å². The third kappa shape index (κ3) is 4.70.